The number of hydrogen-bond acceptors (Lipinski definition) is 6. The molecule has 3 amide bonds. The lowest BCUT2D eigenvalue weighted by Gasteiger charge is -2.18. The molecular weight excluding hydrogens is 524 g/mol. The van der Waals surface area contributed by atoms with E-state index in [0.29, 0.717) is 29.1 Å². The van der Waals surface area contributed by atoms with Gasteiger partial charge in [0.2, 0.25) is 0 Å². The molecule has 0 aliphatic carbocycles. The average molecular weight is 542 g/mol. The number of ether oxygens (including phenoxy) is 1. The van der Waals surface area contributed by atoms with Crippen molar-refractivity contribution in [1.29, 1.82) is 0 Å². The SMILES string of the molecule is O=C1COc2ccc(CNC(=O)c3cc(C(=O)NCc4ccc(F)c(C(F)(F)F)c4)n4nccc4n3)cc2N1. The summed E-state index contributed by atoms with van der Waals surface area (Å²) in [7, 11) is 0. The number of rotatable bonds is 6. The van der Waals surface area contributed by atoms with Gasteiger partial charge in [-0.25, -0.2) is 13.9 Å². The molecule has 1 aliphatic heterocycles. The van der Waals surface area contributed by atoms with E-state index in [-0.39, 0.29) is 48.2 Å². The molecule has 0 saturated carbocycles. The minimum Gasteiger partial charge on any atom is -0.482 e. The van der Waals surface area contributed by atoms with Crippen molar-refractivity contribution in [3.63, 3.8) is 0 Å². The number of nitrogens with one attached hydrogen (secondary N) is 3. The van der Waals surface area contributed by atoms with E-state index in [9.17, 15) is 31.9 Å². The van der Waals surface area contributed by atoms with Crippen LogP contribution in [-0.2, 0) is 24.1 Å². The summed E-state index contributed by atoms with van der Waals surface area (Å²) < 4.78 is 59.1. The Morgan fingerprint density at radius 3 is 2.49 bits per heavy atom. The third-order valence-corrected chi connectivity index (χ3v) is 5.74. The molecule has 1 aliphatic rings. The van der Waals surface area contributed by atoms with E-state index in [1.807, 2.05) is 0 Å². The van der Waals surface area contributed by atoms with Crippen molar-refractivity contribution in [2.24, 2.45) is 0 Å². The van der Waals surface area contributed by atoms with Gasteiger partial charge in [-0.1, -0.05) is 12.1 Å². The second kappa shape index (κ2) is 10.0. The third-order valence-electron chi connectivity index (χ3n) is 5.74. The fourth-order valence-corrected chi connectivity index (χ4v) is 3.88. The summed E-state index contributed by atoms with van der Waals surface area (Å²) in [5.74, 6) is -2.58. The van der Waals surface area contributed by atoms with Crippen LogP contribution >= 0.6 is 0 Å². The van der Waals surface area contributed by atoms with Crippen LogP contribution in [0, 0.1) is 5.82 Å². The average Bonchev–Trinajstić information content (AvgIpc) is 3.38. The van der Waals surface area contributed by atoms with Crippen molar-refractivity contribution in [3.8, 4) is 5.75 Å². The van der Waals surface area contributed by atoms with Crippen LogP contribution in [-0.4, -0.2) is 38.9 Å². The van der Waals surface area contributed by atoms with Gasteiger partial charge in [0.25, 0.3) is 17.7 Å². The molecule has 0 spiro atoms. The molecule has 4 aromatic rings. The zero-order valence-electron chi connectivity index (χ0n) is 19.8. The fourth-order valence-electron chi connectivity index (χ4n) is 3.88. The molecule has 0 atom stereocenters. The van der Waals surface area contributed by atoms with Gasteiger partial charge in [-0.15, -0.1) is 0 Å². The Kier molecular flexibility index (Phi) is 6.60. The molecule has 5 rings (SSSR count). The number of halogens is 4. The Balaban J connectivity index is 1.31. The number of nitrogens with zero attached hydrogens (tertiary/aromatic N) is 3. The third kappa shape index (κ3) is 5.49. The highest BCUT2D eigenvalue weighted by atomic mass is 19.4. The highest BCUT2D eigenvalue weighted by Gasteiger charge is 2.34. The van der Waals surface area contributed by atoms with Crippen LogP contribution in [0.2, 0.25) is 0 Å². The van der Waals surface area contributed by atoms with Gasteiger partial charge in [-0.2, -0.15) is 18.3 Å². The Labute approximate surface area is 217 Å². The van der Waals surface area contributed by atoms with Gasteiger partial charge in [-0.05, 0) is 35.4 Å². The maximum absolute atomic E-state index is 13.6. The number of carbonyl (C=O) groups is 3. The van der Waals surface area contributed by atoms with E-state index in [1.54, 1.807) is 18.2 Å². The van der Waals surface area contributed by atoms with E-state index in [2.05, 4.69) is 26.0 Å². The molecule has 0 saturated heterocycles. The van der Waals surface area contributed by atoms with Crippen LogP contribution in [0.15, 0.2) is 54.7 Å². The molecule has 39 heavy (non-hydrogen) atoms. The van der Waals surface area contributed by atoms with E-state index in [0.717, 1.165) is 6.07 Å². The molecule has 2 aromatic heterocycles. The predicted octanol–water partition coefficient (Wildman–Crippen LogP) is 3.08. The summed E-state index contributed by atoms with van der Waals surface area (Å²) in [6.07, 6.45) is -3.53. The highest BCUT2D eigenvalue weighted by Crippen LogP contribution is 2.32. The van der Waals surface area contributed by atoms with Crippen LogP contribution in [0.5, 0.6) is 5.75 Å². The minimum atomic E-state index is -4.89. The molecule has 0 unspecified atom stereocenters. The van der Waals surface area contributed by atoms with Gasteiger partial charge in [-0.3, -0.25) is 14.4 Å². The van der Waals surface area contributed by atoms with Crippen LogP contribution < -0.4 is 20.7 Å². The van der Waals surface area contributed by atoms with E-state index in [4.69, 9.17) is 4.74 Å². The van der Waals surface area contributed by atoms with Crippen molar-refractivity contribution in [3.05, 3.63) is 88.6 Å². The number of anilines is 1. The standard InChI is InChI=1S/C25H18F4N6O4/c26-16-3-1-13(7-15(16)25(27,28)29)10-31-24(38)19-9-18(33-21-5-6-32-35(19)21)23(37)30-11-14-2-4-20-17(8-14)34-22(36)12-39-20/h1-9H,10-12H2,(H,30,37)(H,31,38)(H,34,36). The van der Waals surface area contributed by atoms with Crippen molar-refractivity contribution in [1.82, 2.24) is 25.2 Å². The Morgan fingerprint density at radius 2 is 1.72 bits per heavy atom. The lowest BCUT2D eigenvalue weighted by molar-refractivity contribution is -0.140. The first kappa shape index (κ1) is 25.6. The molecule has 2 aromatic carbocycles. The summed E-state index contributed by atoms with van der Waals surface area (Å²) in [5.41, 5.74) is -0.311. The zero-order chi connectivity index (χ0) is 27.7. The Morgan fingerprint density at radius 1 is 1.00 bits per heavy atom. The molecule has 0 radical (unpaired) electrons. The number of aromatic nitrogens is 3. The zero-order valence-corrected chi connectivity index (χ0v) is 19.8. The second-order valence-corrected chi connectivity index (χ2v) is 8.47. The highest BCUT2D eigenvalue weighted by molar-refractivity contribution is 5.98. The molecule has 14 heteroatoms. The van der Waals surface area contributed by atoms with Gasteiger partial charge < -0.3 is 20.7 Å². The molecular formula is C25H18F4N6O4. The quantitative estimate of drug-likeness (QED) is 0.322. The Hall–Kier alpha value is -5.01. The van der Waals surface area contributed by atoms with Gasteiger partial charge >= 0.3 is 6.18 Å². The second-order valence-electron chi connectivity index (χ2n) is 8.47. The smallest absolute Gasteiger partial charge is 0.419 e. The summed E-state index contributed by atoms with van der Waals surface area (Å²) in [6.45, 7) is -0.352. The number of benzene rings is 2. The first-order chi connectivity index (χ1) is 18.6. The largest absolute Gasteiger partial charge is 0.482 e. The molecule has 3 heterocycles. The van der Waals surface area contributed by atoms with Gasteiger partial charge in [0.15, 0.2) is 12.3 Å². The minimum absolute atomic E-state index is 0.0208. The van der Waals surface area contributed by atoms with E-state index in [1.165, 1.54) is 22.8 Å². The number of amides is 3. The number of alkyl halides is 3. The number of hydrogen-bond donors (Lipinski definition) is 3. The summed E-state index contributed by atoms with van der Waals surface area (Å²) >= 11 is 0. The van der Waals surface area contributed by atoms with Crippen LogP contribution in [0.4, 0.5) is 23.2 Å². The van der Waals surface area contributed by atoms with Crippen molar-refractivity contribution in [2.75, 3.05) is 11.9 Å². The van der Waals surface area contributed by atoms with Crippen molar-refractivity contribution >= 4 is 29.1 Å². The van der Waals surface area contributed by atoms with E-state index >= 15 is 0 Å². The summed E-state index contributed by atoms with van der Waals surface area (Å²) in [6, 6.07) is 10.1. The first-order valence-electron chi connectivity index (χ1n) is 11.4. The van der Waals surface area contributed by atoms with Crippen LogP contribution in [0.3, 0.4) is 0 Å². The number of carbonyl (C=O) groups excluding carboxylic acids is 3. The monoisotopic (exact) mass is 542 g/mol. The fraction of sp³-hybridized carbons (Fsp3) is 0.160. The topological polar surface area (TPSA) is 127 Å². The maximum Gasteiger partial charge on any atom is 0.419 e. The normalized spacial score (nSPS) is 12.9. The number of fused-ring (bicyclic) bond motifs is 2. The van der Waals surface area contributed by atoms with Crippen molar-refractivity contribution < 1.29 is 36.7 Å². The van der Waals surface area contributed by atoms with Crippen LogP contribution in [0.1, 0.15) is 37.7 Å². The van der Waals surface area contributed by atoms with Gasteiger partial charge in [0.05, 0.1) is 17.4 Å². The molecule has 200 valence electrons. The van der Waals surface area contributed by atoms with Gasteiger partial charge in [0, 0.05) is 25.2 Å². The molecule has 3 N–H and O–H groups in total. The van der Waals surface area contributed by atoms with E-state index < -0.39 is 29.4 Å². The summed E-state index contributed by atoms with van der Waals surface area (Å²) in [5, 5.41) is 11.8. The molecule has 0 bridgehead atoms. The Bertz CT molecular complexity index is 1620. The van der Waals surface area contributed by atoms with Gasteiger partial charge in [0.1, 0.15) is 23.0 Å². The summed E-state index contributed by atoms with van der Waals surface area (Å²) in [4.78, 5) is 41.5. The van der Waals surface area contributed by atoms with Crippen LogP contribution in [0.25, 0.3) is 5.65 Å². The lowest BCUT2D eigenvalue weighted by atomic mass is 10.1. The van der Waals surface area contributed by atoms with Crippen molar-refractivity contribution in [2.45, 2.75) is 19.3 Å². The molecule has 0 fully saturated rings. The maximum atomic E-state index is 13.6. The molecule has 10 nitrogen and oxygen atoms in total. The first-order valence-corrected chi connectivity index (χ1v) is 11.4. The lowest BCUT2D eigenvalue weighted by Crippen LogP contribution is -2.29. The predicted molar refractivity (Wildman–Crippen MR) is 127 cm³/mol.